The molecular weight excluding hydrogens is 555 g/mol. The zero-order valence-electron chi connectivity index (χ0n) is 22.1. The molecule has 1 heterocycles. The molecule has 1 amide bonds. The summed E-state index contributed by atoms with van der Waals surface area (Å²) in [6, 6.07) is 10.3. The van der Waals surface area contributed by atoms with E-state index >= 15 is 0 Å². The summed E-state index contributed by atoms with van der Waals surface area (Å²) in [5.41, 5.74) is -0.110. The maximum absolute atomic E-state index is 13.8. The van der Waals surface area contributed by atoms with Gasteiger partial charge in [-0.25, -0.2) is 21.6 Å². The van der Waals surface area contributed by atoms with Gasteiger partial charge in [-0.1, -0.05) is 6.07 Å². The molecule has 0 unspecified atom stereocenters. The summed E-state index contributed by atoms with van der Waals surface area (Å²) in [6.07, 6.45) is -3.20. The number of hydrogen-bond donors (Lipinski definition) is 2. The van der Waals surface area contributed by atoms with Gasteiger partial charge in [-0.05, 0) is 88.4 Å². The zero-order chi connectivity index (χ0) is 29.0. The van der Waals surface area contributed by atoms with E-state index in [0.29, 0.717) is 11.3 Å². The van der Waals surface area contributed by atoms with Gasteiger partial charge in [0.1, 0.15) is 0 Å². The molecule has 2 aromatic carbocycles. The number of nitrogens with one attached hydrogen (secondary N) is 2. The lowest BCUT2D eigenvalue weighted by Gasteiger charge is -2.38. The van der Waals surface area contributed by atoms with Crippen molar-refractivity contribution in [2.24, 2.45) is 5.92 Å². The Morgan fingerprint density at radius 1 is 1.00 bits per heavy atom. The van der Waals surface area contributed by atoms with E-state index in [1.54, 1.807) is 32.9 Å². The largest absolute Gasteiger partial charge is 0.391 e. The first-order valence-corrected chi connectivity index (χ1v) is 15.8. The predicted octanol–water partition coefficient (Wildman–Crippen LogP) is 4.79. The second-order valence-electron chi connectivity index (χ2n) is 11.5. The topological polar surface area (TPSA) is 113 Å². The molecule has 0 radical (unpaired) electrons. The van der Waals surface area contributed by atoms with Crippen molar-refractivity contribution in [1.29, 1.82) is 0 Å². The van der Waals surface area contributed by atoms with Crippen molar-refractivity contribution in [3.05, 3.63) is 53.6 Å². The van der Waals surface area contributed by atoms with E-state index in [9.17, 15) is 34.8 Å². The van der Waals surface area contributed by atoms with Crippen LogP contribution in [-0.4, -0.2) is 47.3 Å². The highest BCUT2D eigenvalue weighted by atomic mass is 32.2. The molecule has 1 aliphatic carbocycles. The Bertz CT molecular complexity index is 1490. The molecule has 0 aromatic heterocycles. The highest BCUT2D eigenvalue weighted by Crippen LogP contribution is 2.53. The fourth-order valence-electron chi connectivity index (χ4n) is 5.47. The quantitative estimate of drug-likeness (QED) is 0.523. The molecule has 1 fully saturated rings. The first-order chi connectivity index (χ1) is 17.8. The maximum atomic E-state index is 13.8. The number of nitrogens with zero attached hydrogens (tertiary/aromatic N) is 1. The molecule has 13 heteroatoms. The van der Waals surface area contributed by atoms with E-state index in [-0.39, 0.29) is 48.4 Å². The molecule has 0 saturated heterocycles. The van der Waals surface area contributed by atoms with Crippen LogP contribution in [0.2, 0.25) is 0 Å². The number of fused-ring (bicyclic) bond motifs is 2. The van der Waals surface area contributed by atoms with Crippen molar-refractivity contribution < 1.29 is 34.8 Å². The van der Waals surface area contributed by atoms with Crippen molar-refractivity contribution in [2.75, 3.05) is 22.4 Å². The summed E-state index contributed by atoms with van der Waals surface area (Å²) in [5, 5.41) is 0. The Morgan fingerprint density at radius 2 is 1.64 bits per heavy atom. The maximum Gasteiger partial charge on any atom is 0.391 e. The minimum absolute atomic E-state index is 0.0872. The van der Waals surface area contributed by atoms with Gasteiger partial charge in [-0.3, -0.25) is 9.52 Å². The molecule has 2 aromatic rings. The van der Waals surface area contributed by atoms with Crippen LogP contribution >= 0.6 is 0 Å². The number of alkyl halides is 3. The van der Waals surface area contributed by atoms with Crippen molar-refractivity contribution in [2.45, 2.75) is 68.5 Å². The van der Waals surface area contributed by atoms with E-state index in [0.717, 1.165) is 6.26 Å². The summed E-state index contributed by atoms with van der Waals surface area (Å²) in [7, 11) is -7.53. The van der Waals surface area contributed by atoms with Crippen molar-refractivity contribution in [3.63, 3.8) is 0 Å². The van der Waals surface area contributed by atoms with Crippen LogP contribution in [0.1, 0.15) is 62.4 Å². The van der Waals surface area contributed by atoms with Gasteiger partial charge in [0.2, 0.25) is 20.0 Å². The molecule has 0 bridgehead atoms. The van der Waals surface area contributed by atoms with Gasteiger partial charge in [0.05, 0.1) is 17.1 Å². The Balaban J connectivity index is 1.72. The van der Waals surface area contributed by atoms with Crippen LogP contribution in [0.25, 0.3) is 0 Å². The smallest absolute Gasteiger partial charge is 0.307 e. The van der Waals surface area contributed by atoms with E-state index in [4.69, 9.17) is 0 Å². The van der Waals surface area contributed by atoms with Gasteiger partial charge in [0.15, 0.2) is 0 Å². The standard InChI is InChI=1S/C26H32F3N3O5S2/c1-24(2,3)31-39(36,37)20-7-5-6-17(14-20)23(33)32-16-25(12-10-18(11-13-25)26(27,28)29)21-15-19(8-9-22(21)32)30-38(4,34)35/h5-9,14-15,18,30-31H,10-13,16H2,1-4H3. The van der Waals surface area contributed by atoms with Crippen LogP contribution in [0.15, 0.2) is 47.4 Å². The van der Waals surface area contributed by atoms with Crippen LogP contribution in [-0.2, 0) is 25.5 Å². The lowest BCUT2D eigenvalue weighted by atomic mass is 9.67. The summed E-state index contributed by atoms with van der Waals surface area (Å²) in [6.45, 7) is 5.19. The van der Waals surface area contributed by atoms with Gasteiger partial charge in [-0.2, -0.15) is 13.2 Å². The highest BCUT2D eigenvalue weighted by Gasteiger charge is 2.51. The number of anilines is 2. The third-order valence-corrected chi connectivity index (χ3v) is 9.47. The number of rotatable bonds is 5. The Labute approximate surface area is 227 Å². The SMILES string of the molecule is CC(C)(C)NS(=O)(=O)c1cccc(C(=O)N2CC3(CCC(C(F)(F)F)CC3)c3cc(NS(C)(=O)=O)ccc32)c1. The molecule has 1 saturated carbocycles. The molecule has 214 valence electrons. The van der Waals surface area contributed by atoms with Crippen LogP contribution in [0.3, 0.4) is 0 Å². The molecule has 39 heavy (non-hydrogen) atoms. The fourth-order valence-corrected chi connectivity index (χ4v) is 7.49. The predicted molar refractivity (Wildman–Crippen MR) is 143 cm³/mol. The van der Waals surface area contributed by atoms with Crippen LogP contribution in [0.4, 0.5) is 24.5 Å². The summed E-state index contributed by atoms with van der Waals surface area (Å²) in [5.74, 6) is -1.94. The molecule has 2 N–H and O–H groups in total. The average molecular weight is 588 g/mol. The molecule has 1 aliphatic heterocycles. The zero-order valence-corrected chi connectivity index (χ0v) is 23.7. The number of carbonyl (C=O) groups excluding carboxylic acids is 1. The van der Waals surface area contributed by atoms with Crippen molar-refractivity contribution >= 4 is 37.3 Å². The Hall–Kier alpha value is -2.64. The van der Waals surface area contributed by atoms with Gasteiger partial charge in [0, 0.05) is 34.4 Å². The summed E-state index contributed by atoms with van der Waals surface area (Å²) in [4.78, 5) is 15.1. The number of halogens is 3. The van der Waals surface area contributed by atoms with E-state index < -0.39 is 49.0 Å². The van der Waals surface area contributed by atoms with E-state index in [2.05, 4.69) is 9.44 Å². The lowest BCUT2D eigenvalue weighted by Crippen LogP contribution is -2.42. The second kappa shape index (κ2) is 9.77. The molecule has 8 nitrogen and oxygen atoms in total. The minimum atomic E-state index is -4.31. The normalized spacial score (nSPS) is 22.1. The lowest BCUT2D eigenvalue weighted by molar-refractivity contribution is -0.184. The fraction of sp³-hybridized carbons (Fsp3) is 0.500. The van der Waals surface area contributed by atoms with Crippen LogP contribution in [0, 0.1) is 5.92 Å². The summed E-state index contributed by atoms with van der Waals surface area (Å²) < 4.78 is 94.6. The van der Waals surface area contributed by atoms with Gasteiger partial charge in [-0.15, -0.1) is 0 Å². The van der Waals surface area contributed by atoms with E-state index in [1.165, 1.54) is 35.2 Å². The Morgan fingerprint density at radius 3 is 2.21 bits per heavy atom. The van der Waals surface area contributed by atoms with Gasteiger partial charge < -0.3 is 4.90 Å². The molecular formula is C26H32F3N3O5S2. The Kier molecular flexibility index (Phi) is 7.35. The van der Waals surface area contributed by atoms with Crippen molar-refractivity contribution in [1.82, 2.24) is 4.72 Å². The molecule has 0 atom stereocenters. The van der Waals surface area contributed by atoms with Crippen LogP contribution < -0.4 is 14.3 Å². The average Bonchev–Trinajstić information content (AvgIpc) is 3.09. The number of hydrogen-bond acceptors (Lipinski definition) is 5. The first-order valence-electron chi connectivity index (χ1n) is 12.4. The first kappa shape index (κ1) is 29.3. The molecule has 4 rings (SSSR count). The van der Waals surface area contributed by atoms with Gasteiger partial charge in [0.25, 0.3) is 5.91 Å². The monoisotopic (exact) mass is 587 g/mol. The van der Waals surface area contributed by atoms with Crippen molar-refractivity contribution in [3.8, 4) is 0 Å². The number of benzene rings is 2. The second-order valence-corrected chi connectivity index (χ2v) is 14.9. The number of carbonyl (C=O) groups is 1. The van der Waals surface area contributed by atoms with E-state index in [1.807, 2.05) is 0 Å². The number of amides is 1. The third-order valence-electron chi connectivity index (χ3n) is 7.11. The van der Waals surface area contributed by atoms with Crippen LogP contribution in [0.5, 0.6) is 0 Å². The van der Waals surface area contributed by atoms with Gasteiger partial charge >= 0.3 is 6.18 Å². The molecule has 1 spiro atoms. The minimum Gasteiger partial charge on any atom is -0.307 e. The highest BCUT2D eigenvalue weighted by molar-refractivity contribution is 7.92. The summed E-state index contributed by atoms with van der Waals surface area (Å²) >= 11 is 0. The number of sulfonamides is 2. The molecule has 2 aliphatic rings. The third kappa shape index (κ3) is 6.41.